The van der Waals surface area contributed by atoms with Gasteiger partial charge in [0.05, 0.1) is 17.0 Å². The number of halogens is 1. The number of rotatable bonds is 3. The van der Waals surface area contributed by atoms with E-state index in [1.54, 1.807) is 11.9 Å². The van der Waals surface area contributed by atoms with Crippen LogP contribution in [0, 0.1) is 5.92 Å². The van der Waals surface area contributed by atoms with Gasteiger partial charge < -0.3 is 10.0 Å². The minimum absolute atomic E-state index is 0.0000463. The summed E-state index contributed by atoms with van der Waals surface area (Å²) in [5.74, 6) is 0.358. The average Bonchev–Trinajstić information content (AvgIpc) is 2.26. The Morgan fingerprint density at radius 3 is 2.44 bits per heavy atom. The molecule has 94 valence electrons. The van der Waals surface area contributed by atoms with Gasteiger partial charge in [-0.25, -0.2) is 0 Å². The van der Waals surface area contributed by atoms with Crippen molar-refractivity contribution < 1.29 is 9.90 Å². The number of likely N-dealkylation sites (N-methyl/N-ethyl adjacent to an activating group) is 1. The van der Waals surface area contributed by atoms with Crippen molar-refractivity contribution >= 4 is 21.8 Å². The second kappa shape index (κ2) is 6.01. The topological polar surface area (TPSA) is 40.5 Å². The highest BCUT2D eigenvalue weighted by Crippen LogP contribution is 2.24. The number of carbonyl (C=O) groups is 1. The summed E-state index contributed by atoms with van der Waals surface area (Å²) < 4.78 is 0. The summed E-state index contributed by atoms with van der Waals surface area (Å²) in [6.07, 6.45) is 3.56. The van der Waals surface area contributed by atoms with E-state index < -0.39 is 0 Å². The summed E-state index contributed by atoms with van der Waals surface area (Å²) in [5, 5.41) is 9.90. The molecular weight excluding hydrogens is 270 g/mol. The van der Waals surface area contributed by atoms with Crippen molar-refractivity contribution in [2.24, 2.45) is 5.92 Å². The van der Waals surface area contributed by atoms with E-state index in [4.69, 9.17) is 0 Å². The number of hydrogen-bond acceptors (Lipinski definition) is 2. The van der Waals surface area contributed by atoms with Crippen LogP contribution in [0.2, 0.25) is 0 Å². The Morgan fingerprint density at radius 1 is 1.38 bits per heavy atom. The third kappa shape index (κ3) is 3.20. The Morgan fingerprint density at radius 2 is 1.94 bits per heavy atom. The van der Waals surface area contributed by atoms with Crippen LogP contribution in [0.5, 0.6) is 0 Å². The zero-order valence-corrected chi connectivity index (χ0v) is 11.9. The molecule has 3 unspecified atom stereocenters. The molecule has 1 amide bonds. The zero-order chi connectivity index (χ0) is 12.3. The van der Waals surface area contributed by atoms with E-state index in [1.807, 2.05) is 13.8 Å². The first-order chi connectivity index (χ1) is 7.45. The van der Waals surface area contributed by atoms with Crippen LogP contribution in [0.1, 0.15) is 39.5 Å². The van der Waals surface area contributed by atoms with Gasteiger partial charge in [0.25, 0.3) is 0 Å². The molecule has 1 rings (SSSR count). The van der Waals surface area contributed by atoms with Crippen molar-refractivity contribution in [3.63, 3.8) is 0 Å². The highest BCUT2D eigenvalue weighted by molar-refractivity contribution is 9.10. The number of aliphatic hydroxyl groups excluding tert-OH is 1. The maximum Gasteiger partial charge on any atom is 0.236 e. The molecule has 0 aliphatic heterocycles. The molecule has 16 heavy (non-hydrogen) atoms. The highest BCUT2D eigenvalue weighted by Gasteiger charge is 2.32. The molecule has 1 fully saturated rings. The number of carbonyl (C=O) groups excluding carboxylic acids is 1. The van der Waals surface area contributed by atoms with Crippen LogP contribution in [0.4, 0.5) is 0 Å². The Bertz CT molecular complexity index is 245. The standard InChI is InChI=1S/C12H22BrNO2/c1-8(2)11(13)12(16)14(3)9-6-4-5-7-10(9)15/h8-11,15H,4-7H2,1-3H3. The average molecular weight is 292 g/mol. The van der Waals surface area contributed by atoms with Gasteiger partial charge in [0.1, 0.15) is 0 Å². The Labute approximate surface area is 106 Å². The van der Waals surface area contributed by atoms with Gasteiger partial charge in [-0.15, -0.1) is 0 Å². The lowest BCUT2D eigenvalue weighted by atomic mass is 9.91. The monoisotopic (exact) mass is 291 g/mol. The fourth-order valence-corrected chi connectivity index (χ4v) is 2.51. The molecule has 0 bridgehead atoms. The van der Waals surface area contributed by atoms with Gasteiger partial charge >= 0.3 is 0 Å². The Hall–Kier alpha value is -0.0900. The predicted octanol–water partition coefficient (Wildman–Crippen LogP) is 2.17. The van der Waals surface area contributed by atoms with Gasteiger partial charge in [-0.1, -0.05) is 42.6 Å². The summed E-state index contributed by atoms with van der Waals surface area (Å²) >= 11 is 3.42. The lowest BCUT2D eigenvalue weighted by Crippen LogP contribution is -2.49. The molecular formula is C12H22BrNO2. The first-order valence-corrected chi connectivity index (χ1v) is 6.95. The lowest BCUT2D eigenvalue weighted by molar-refractivity contribution is -0.135. The molecule has 1 saturated carbocycles. The van der Waals surface area contributed by atoms with Gasteiger partial charge in [-0.3, -0.25) is 4.79 Å². The van der Waals surface area contributed by atoms with Crippen LogP contribution in [0.3, 0.4) is 0 Å². The van der Waals surface area contributed by atoms with Crippen molar-refractivity contribution in [2.75, 3.05) is 7.05 Å². The quantitative estimate of drug-likeness (QED) is 0.810. The molecule has 3 nitrogen and oxygen atoms in total. The number of hydrogen-bond donors (Lipinski definition) is 1. The van der Waals surface area contributed by atoms with Gasteiger partial charge in [0.2, 0.25) is 5.91 Å². The van der Waals surface area contributed by atoms with Gasteiger partial charge in [0, 0.05) is 7.05 Å². The van der Waals surface area contributed by atoms with Crippen molar-refractivity contribution in [2.45, 2.75) is 56.5 Å². The molecule has 0 saturated heterocycles. The number of alkyl halides is 1. The molecule has 3 atom stereocenters. The fourth-order valence-electron chi connectivity index (χ4n) is 2.19. The Balaban J connectivity index is 2.61. The first-order valence-electron chi connectivity index (χ1n) is 6.04. The van der Waals surface area contributed by atoms with Crippen molar-refractivity contribution in [1.29, 1.82) is 0 Å². The van der Waals surface area contributed by atoms with Crippen LogP contribution in [-0.4, -0.2) is 39.9 Å². The summed E-state index contributed by atoms with van der Waals surface area (Å²) in [5.41, 5.74) is 0. The van der Waals surface area contributed by atoms with E-state index in [1.165, 1.54) is 0 Å². The molecule has 0 aromatic heterocycles. The third-order valence-corrected chi connectivity index (χ3v) is 4.81. The smallest absolute Gasteiger partial charge is 0.236 e. The minimum atomic E-state index is -0.352. The zero-order valence-electron chi connectivity index (χ0n) is 10.3. The maximum absolute atomic E-state index is 12.1. The molecule has 0 spiro atoms. The van der Waals surface area contributed by atoms with Crippen molar-refractivity contribution in [3.05, 3.63) is 0 Å². The molecule has 1 aliphatic carbocycles. The van der Waals surface area contributed by atoms with E-state index in [2.05, 4.69) is 15.9 Å². The summed E-state index contributed by atoms with van der Waals surface area (Å²) in [6.45, 7) is 4.03. The summed E-state index contributed by atoms with van der Waals surface area (Å²) in [7, 11) is 1.80. The molecule has 0 aromatic rings. The van der Waals surface area contributed by atoms with Gasteiger partial charge in [0.15, 0.2) is 0 Å². The van der Waals surface area contributed by atoms with Crippen molar-refractivity contribution in [3.8, 4) is 0 Å². The van der Waals surface area contributed by atoms with Gasteiger partial charge in [-0.05, 0) is 18.8 Å². The lowest BCUT2D eigenvalue weighted by Gasteiger charge is -2.36. The fraction of sp³-hybridized carbons (Fsp3) is 0.917. The minimum Gasteiger partial charge on any atom is -0.391 e. The van der Waals surface area contributed by atoms with Crippen LogP contribution < -0.4 is 0 Å². The van der Waals surface area contributed by atoms with Crippen LogP contribution in [0.25, 0.3) is 0 Å². The van der Waals surface area contributed by atoms with E-state index in [-0.39, 0.29) is 28.8 Å². The molecule has 1 aliphatic rings. The predicted molar refractivity (Wildman–Crippen MR) is 68.6 cm³/mol. The SMILES string of the molecule is CC(C)C(Br)C(=O)N(C)C1CCCCC1O. The van der Waals surface area contributed by atoms with E-state index in [9.17, 15) is 9.90 Å². The second-order valence-electron chi connectivity index (χ2n) is 5.01. The van der Waals surface area contributed by atoms with E-state index >= 15 is 0 Å². The third-order valence-electron chi connectivity index (χ3n) is 3.36. The van der Waals surface area contributed by atoms with Crippen LogP contribution in [0.15, 0.2) is 0 Å². The first kappa shape index (κ1) is 14.0. The second-order valence-corrected chi connectivity index (χ2v) is 6.00. The maximum atomic E-state index is 12.1. The van der Waals surface area contributed by atoms with Crippen molar-refractivity contribution in [1.82, 2.24) is 4.90 Å². The molecule has 4 heteroatoms. The van der Waals surface area contributed by atoms with E-state index in [0.29, 0.717) is 0 Å². The number of aliphatic hydroxyl groups is 1. The largest absolute Gasteiger partial charge is 0.391 e. The molecule has 0 heterocycles. The van der Waals surface area contributed by atoms with Crippen LogP contribution in [-0.2, 0) is 4.79 Å². The normalized spacial score (nSPS) is 27.9. The highest BCUT2D eigenvalue weighted by atomic mass is 79.9. The summed E-state index contributed by atoms with van der Waals surface area (Å²) in [6, 6.07) is 0.0000463. The van der Waals surface area contributed by atoms with Crippen LogP contribution >= 0.6 is 15.9 Å². The molecule has 1 N–H and O–H groups in total. The molecule has 0 radical (unpaired) electrons. The Kier molecular flexibility index (Phi) is 5.25. The molecule has 0 aromatic carbocycles. The summed E-state index contributed by atoms with van der Waals surface area (Å²) in [4.78, 5) is 13.7. The van der Waals surface area contributed by atoms with Gasteiger partial charge in [-0.2, -0.15) is 0 Å². The number of nitrogens with zero attached hydrogens (tertiary/aromatic N) is 1. The number of amides is 1. The van der Waals surface area contributed by atoms with E-state index in [0.717, 1.165) is 25.7 Å².